The minimum Gasteiger partial charge on any atom is -0.432 e. The molecule has 0 fully saturated rings. The van der Waals surface area contributed by atoms with Crippen LogP contribution in [0.25, 0.3) is 0 Å². The molecule has 0 aliphatic heterocycles. The van der Waals surface area contributed by atoms with Crippen LogP contribution in [0.4, 0.5) is 13.2 Å². The van der Waals surface area contributed by atoms with Gasteiger partial charge in [-0.15, -0.1) is 0 Å². The standard InChI is InChI=1S/C7H4F3NO2/c8-6-2-1-5(13-7(9)10)4(3-12)11-6/h1-3,7H. The van der Waals surface area contributed by atoms with Crippen molar-refractivity contribution in [1.29, 1.82) is 0 Å². The maximum atomic E-state index is 12.4. The number of rotatable bonds is 3. The summed E-state index contributed by atoms with van der Waals surface area (Å²) >= 11 is 0. The number of halogens is 3. The van der Waals surface area contributed by atoms with E-state index in [-0.39, 0.29) is 6.29 Å². The molecule has 6 heteroatoms. The minimum atomic E-state index is -3.06. The predicted molar refractivity (Wildman–Crippen MR) is 36.2 cm³/mol. The van der Waals surface area contributed by atoms with Gasteiger partial charge >= 0.3 is 6.61 Å². The third kappa shape index (κ3) is 2.43. The summed E-state index contributed by atoms with van der Waals surface area (Å²) in [5, 5.41) is 0. The maximum Gasteiger partial charge on any atom is 0.387 e. The van der Waals surface area contributed by atoms with E-state index in [1.54, 1.807) is 0 Å². The van der Waals surface area contributed by atoms with Crippen molar-refractivity contribution in [3.63, 3.8) is 0 Å². The number of nitrogens with zero attached hydrogens (tertiary/aromatic N) is 1. The lowest BCUT2D eigenvalue weighted by molar-refractivity contribution is -0.0504. The van der Waals surface area contributed by atoms with Crippen LogP contribution in [0, 0.1) is 5.95 Å². The van der Waals surface area contributed by atoms with Gasteiger partial charge in [0.15, 0.2) is 12.0 Å². The highest BCUT2D eigenvalue weighted by molar-refractivity contribution is 5.76. The van der Waals surface area contributed by atoms with Crippen LogP contribution in [0.15, 0.2) is 12.1 Å². The first-order valence-corrected chi connectivity index (χ1v) is 3.20. The number of carbonyl (C=O) groups is 1. The first kappa shape index (κ1) is 9.50. The average Bonchev–Trinajstić information content (AvgIpc) is 2.07. The first-order valence-electron chi connectivity index (χ1n) is 3.20. The largest absolute Gasteiger partial charge is 0.432 e. The van der Waals surface area contributed by atoms with Gasteiger partial charge in [0.2, 0.25) is 5.95 Å². The lowest BCUT2D eigenvalue weighted by Crippen LogP contribution is -2.05. The van der Waals surface area contributed by atoms with Gasteiger partial charge in [-0.25, -0.2) is 4.98 Å². The number of ether oxygens (including phenoxy) is 1. The topological polar surface area (TPSA) is 39.2 Å². The maximum absolute atomic E-state index is 12.4. The Morgan fingerprint density at radius 1 is 1.46 bits per heavy atom. The molecule has 0 N–H and O–H groups in total. The van der Waals surface area contributed by atoms with Gasteiger partial charge in [0, 0.05) is 0 Å². The third-order valence-electron chi connectivity index (χ3n) is 1.18. The molecule has 0 aliphatic carbocycles. The molecule has 0 aliphatic rings. The van der Waals surface area contributed by atoms with Crippen molar-refractivity contribution in [1.82, 2.24) is 4.98 Å². The van der Waals surface area contributed by atoms with Crippen molar-refractivity contribution in [2.24, 2.45) is 0 Å². The van der Waals surface area contributed by atoms with Gasteiger partial charge in [-0.2, -0.15) is 13.2 Å². The number of hydrogen-bond donors (Lipinski definition) is 0. The van der Waals surface area contributed by atoms with Crippen LogP contribution in [0.1, 0.15) is 10.5 Å². The molecule has 1 aromatic rings. The highest BCUT2D eigenvalue weighted by atomic mass is 19.3. The van der Waals surface area contributed by atoms with Gasteiger partial charge in [-0.3, -0.25) is 4.79 Å². The zero-order valence-electron chi connectivity index (χ0n) is 6.21. The Hall–Kier alpha value is -1.59. The van der Waals surface area contributed by atoms with Crippen molar-refractivity contribution >= 4 is 6.29 Å². The Kier molecular flexibility index (Phi) is 2.84. The molecule has 0 atom stereocenters. The normalized spacial score (nSPS) is 10.2. The fourth-order valence-electron chi connectivity index (χ4n) is 0.717. The van der Waals surface area contributed by atoms with Crippen molar-refractivity contribution in [3.05, 3.63) is 23.8 Å². The van der Waals surface area contributed by atoms with Gasteiger partial charge in [-0.1, -0.05) is 0 Å². The fraction of sp³-hybridized carbons (Fsp3) is 0.143. The Labute approximate surface area is 71.2 Å². The van der Waals surface area contributed by atoms with Crippen LogP contribution in [0.2, 0.25) is 0 Å². The van der Waals surface area contributed by atoms with E-state index in [1.165, 1.54) is 0 Å². The molecule has 13 heavy (non-hydrogen) atoms. The molecular weight excluding hydrogens is 187 g/mol. The molecule has 0 spiro atoms. The summed E-state index contributed by atoms with van der Waals surface area (Å²) < 4.78 is 39.6. The highest BCUT2D eigenvalue weighted by Gasteiger charge is 2.10. The van der Waals surface area contributed by atoms with Crippen LogP contribution >= 0.6 is 0 Å². The minimum absolute atomic E-state index is 0.140. The monoisotopic (exact) mass is 191 g/mol. The van der Waals surface area contributed by atoms with E-state index in [4.69, 9.17) is 0 Å². The Morgan fingerprint density at radius 3 is 2.69 bits per heavy atom. The molecule has 1 rings (SSSR count). The summed E-state index contributed by atoms with van der Waals surface area (Å²) in [7, 11) is 0. The average molecular weight is 191 g/mol. The van der Waals surface area contributed by atoms with Crippen LogP contribution in [0.5, 0.6) is 5.75 Å². The Bertz CT molecular complexity index is 317. The molecule has 1 aromatic heterocycles. The number of hydrogen-bond acceptors (Lipinski definition) is 3. The number of aromatic nitrogens is 1. The van der Waals surface area contributed by atoms with Crippen molar-refractivity contribution in [2.75, 3.05) is 0 Å². The predicted octanol–water partition coefficient (Wildman–Crippen LogP) is 1.63. The van der Waals surface area contributed by atoms with Gasteiger partial charge in [-0.05, 0) is 12.1 Å². The van der Waals surface area contributed by atoms with Crippen molar-refractivity contribution in [2.45, 2.75) is 6.61 Å². The van der Waals surface area contributed by atoms with Gasteiger partial charge < -0.3 is 4.74 Å². The zero-order valence-corrected chi connectivity index (χ0v) is 6.21. The molecule has 70 valence electrons. The van der Waals surface area contributed by atoms with Crippen LogP contribution in [0.3, 0.4) is 0 Å². The Morgan fingerprint density at radius 2 is 2.15 bits per heavy atom. The number of carbonyl (C=O) groups excluding carboxylic acids is 1. The highest BCUT2D eigenvalue weighted by Crippen LogP contribution is 2.16. The van der Waals surface area contributed by atoms with E-state index < -0.39 is 24.0 Å². The van der Waals surface area contributed by atoms with Crippen LogP contribution in [-0.4, -0.2) is 17.9 Å². The molecule has 0 radical (unpaired) electrons. The number of aldehydes is 1. The first-order chi connectivity index (χ1) is 6.13. The number of pyridine rings is 1. The van der Waals surface area contributed by atoms with Gasteiger partial charge in [0.25, 0.3) is 0 Å². The van der Waals surface area contributed by atoms with E-state index in [1.807, 2.05) is 0 Å². The Balaban J connectivity index is 2.99. The molecular formula is C7H4F3NO2. The van der Waals surface area contributed by atoms with E-state index >= 15 is 0 Å². The van der Waals surface area contributed by atoms with Crippen LogP contribution < -0.4 is 4.74 Å². The molecule has 0 aromatic carbocycles. The molecule has 0 unspecified atom stereocenters. The lowest BCUT2D eigenvalue weighted by atomic mass is 10.3. The second-order valence-electron chi connectivity index (χ2n) is 2.01. The van der Waals surface area contributed by atoms with Crippen molar-refractivity contribution < 1.29 is 22.7 Å². The molecule has 1 heterocycles. The summed E-state index contributed by atoms with van der Waals surface area (Å²) in [6, 6.07) is 1.74. The molecule has 0 bridgehead atoms. The summed E-state index contributed by atoms with van der Waals surface area (Å²) in [6.45, 7) is -3.06. The van der Waals surface area contributed by atoms with E-state index in [9.17, 15) is 18.0 Å². The summed E-state index contributed by atoms with van der Waals surface area (Å²) in [5.41, 5.74) is -0.486. The summed E-state index contributed by atoms with van der Waals surface area (Å²) in [5.74, 6) is -1.37. The quantitative estimate of drug-likeness (QED) is 0.538. The van der Waals surface area contributed by atoms with E-state index in [0.29, 0.717) is 0 Å². The van der Waals surface area contributed by atoms with Gasteiger partial charge in [0.1, 0.15) is 5.69 Å². The smallest absolute Gasteiger partial charge is 0.387 e. The number of alkyl halides is 2. The lowest BCUT2D eigenvalue weighted by Gasteiger charge is -2.04. The zero-order chi connectivity index (χ0) is 9.84. The molecule has 0 saturated carbocycles. The third-order valence-corrected chi connectivity index (χ3v) is 1.18. The summed E-state index contributed by atoms with van der Waals surface area (Å²) in [6.07, 6.45) is 0.140. The van der Waals surface area contributed by atoms with E-state index in [2.05, 4.69) is 9.72 Å². The van der Waals surface area contributed by atoms with Crippen LogP contribution in [-0.2, 0) is 0 Å². The molecule has 3 nitrogen and oxygen atoms in total. The SMILES string of the molecule is O=Cc1nc(F)ccc1OC(F)F. The second kappa shape index (κ2) is 3.88. The van der Waals surface area contributed by atoms with Crippen molar-refractivity contribution in [3.8, 4) is 5.75 Å². The molecule has 0 amide bonds. The second-order valence-corrected chi connectivity index (χ2v) is 2.01. The van der Waals surface area contributed by atoms with E-state index in [0.717, 1.165) is 12.1 Å². The molecule has 0 saturated heterocycles. The fourth-order valence-corrected chi connectivity index (χ4v) is 0.717. The van der Waals surface area contributed by atoms with Gasteiger partial charge in [0.05, 0.1) is 0 Å². The summed E-state index contributed by atoms with van der Waals surface area (Å²) in [4.78, 5) is 13.3.